The zero-order valence-corrected chi connectivity index (χ0v) is 26.0. The number of para-hydroxylation sites is 1. The van der Waals surface area contributed by atoms with Gasteiger partial charge in [-0.05, 0) is 44.0 Å². The van der Waals surface area contributed by atoms with Crippen molar-refractivity contribution < 1.29 is 29.0 Å². The van der Waals surface area contributed by atoms with Gasteiger partial charge in [0, 0.05) is 37.5 Å². The van der Waals surface area contributed by atoms with Crippen LogP contribution in [0, 0.1) is 19.8 Å². The Labute approximate surface area is 264 Å². The number of aryl methyl sites for hydroxylation is 2. The Balaban J connectivity index is 0.00000128. The first-order valence-corrected chi connectivity index (χ1v) is 15.6. The molecule has 2 aliphatic heterocycles. The fourth-order valence-corrected chi connectivity index (χ4v) is 6.79. The van der Waals surface area contributed by atoms with Gasteiger partial charge in [-0.2, -0.15) is 5.10 Å². The van der Waals surface area contributed by atoms with Gasteiger partial charge >= 0.3 is 0 Å². The molecule has 0 radical (unpaired) electrons. The van der Waals surface area contributed by atoms with Gasteiger partial charge in [0.25, 0.3) is 12.4 Å². The molecule has 0 unspecified atom stereocenters. The average Bonchev–Trinajstić information content (AvgIpc) is 3.75. The van der Waals surface area contributed by atoms with Crippen molar-refractivity contribution >= 4 is 46.4 Å². The molecule has 0 saturated carbocycles. The molecule has 2 aliphatic rings. The van der Waals surface area contributed by atoms with Gasteiger partial charge in [0.2, 0.25) is 11.8 Å². The summed E-state index contributed by atoms with van der Waals surface area (Å²) in [4.78, 5) is 57.3. The number of carbonyl (C=O) groups is 4. The standard InChI is InChI=1S/C31H34N6O4S.CH2O2/c1-20-29(42-21(2)34-20)31(40)35-12-6-11-32-30(39)26-18-36(17-25(26)22-8-5-9-24(15-22)41-14-13-35)28(38)19-37-27-10-4-3-7-23(27)16-33-37;2-1-3/h3-5,7-10,15-16,25-26H,6,11-14,17-19H2,1-2H3,(H,32,39);1H,(H,2,3)/t25-,26+;/m1./s1. The van der Waals surface area contributed by atoms with E-state index in [1.54, 1.807) is 20.7 Å². The average molecular weight is 633 g/mol. The Morgan fingerprint density at radius 1 is 1.09 bits per heavy atom. The smallest absolute Gasteiger partial charge is 0.290 e. The number of rotatable bonds is 3. The van der Waals surface area contributed by atoms with Crippen molar-refractivity contribution in [2.75, 3.05) is 39.3 Å². The first kappa shape index (κ1) is 31.6. The van der Waals surface area contributed by atoms with Crippen LogP contribution in [0.1, 0.15) is 38.3 Å². The van der Waals surface area contributed by atoms with Gasteiger partial charge in [0.1, 0.15) is 23.8 Å². The molecule has 1 saturated heterocycles. The first-order valence-electron chi connectivity index (χ1n) is 14.8. The molecular weight excluding hydrogens is 596 g/mol. The third kappa shape index (κ3) is 7.31. The number of nitrogens with zero attached hydrogens (tertiary/aromatic N) is 5. The Hall–Kier alpha value is -4.78. The Kier molecular flexibility index (Phi) is 10.1. The van der Waals surface area contributed by atoms with Crippen molar-refractivity contribution in [3.63, 3.8) is 0 Å². The molecule has 13 heteroatoms. The highest BCUT2D eigenvalue weighted by Crippen LogP contribution is 2.35. The third-order valence-corrected chi connectivity index (χ3v) is 9.11. The van der Waals surface area contributed by atoms with Crippen LogP contribution in [0.15, 0.2) is 54.7 Å². The summed E-state index contributed by atoms with van der Waals surface area (Å²) in [6.45, 7) is 6.05. The highest BCUT2D eigenvalue weighted by atomic mass is 32.1. The summed E-state index contributed by atoms with van der Waals surface area (Å²) in [5.74, 6) is -0.114. The van der Waals surface area contributed by atoms with Crippen molar-refractivity contribution in [2.45, 2.75) is 32.7 Å². The fraction of sp³-hybridized carbons (Fsp3) is 0.375. The molecule has 2 N–H and O–H groups in total. The molecule has 4 heterocycles. The maximum absolute atomic E-state index is 13.5. The number of thiazole rings is 1. The monoisotopic (exact) mass is 632 g/mol. The number of amides is 3. The van der Waals surface area contributed by atoms with Crippen LogP contribution in [-0.4, -0.2) is 93.2 Å². The normalized spacial score (nSPS) is 18.6. The number of nitrogens with one attached hydrogen (secondary N) is 1. The molecule has 2 aromatic carbocycles. The minimum absolute atomic E-state index is 0.0659. The van der Waals surface area contributed by atoms with Crippen molar-refractivity contribution in [1.29, 1.82) is 0 Å². The lowest BCUT2D eigenvalue weighted by molar-refractivity contribution is -0.131. The SMILES string of the molecule is Cc1nc(C)c(C(=O)N2CCCNC(=O)[C@H]3CN(C(=O)Cn4ncc5ccccc54)C[C@@H]3c3cccc(c3)OCC2)s1.O=CO. The molecule has 4 aromatic rings. The van der Waals surface area contributed by atoms with Crippen LogP contribution in [0.4, 0.5) is 0 Å². The molecule has 2 aromatic heterocycles. The Morgan fingerprint density at radius 2 is 1.87 bits per heavy atom. The van der Waals surface area contributed by atoms with Crippen molar-refractivity contribution in [3.05, 3.63) is 75.9 Å². The van der Waals surface area contributed by atoms with E-state index in [-0.39, 0.29) is 36.7 Å². The topological polar surface area (TPSA) is 147 Å². The van der Waals surface area contributed by atoms with E-state index in [0.717, 1.165) is 27.2 Å². The van der Waals surface area contributed by atoms with Gasteiger partial charge in [-0.15, -0.1) is 11.3 Å². The molecule has 1 fully saturated rings. The summed E-state index contributed by atoms with van der Waals surface area (Å²) in [5, 5.41) is 16.2. The lowest BCUT2D eigenvalue weighted by atomic mass is 9.88. The summed E-state index contributed by atoms with van der Waals surface area (Å²) in [7, 11) is 0. The molecule has 3 amide bonds. The summed E-state index contributed by atoms with van der Waals surface area (Å²) >= 11 is 1.40. The minimum Gasteiger partial charge on any atom is -0.492 e. The molecule has 0 spiro atoms. The van der Waals surface area contributed by atoms with Crippen LogP contribution >= 0.6 is 11.3 Å². The lowest BCUT2D eigenvalue weighted by Crippen LogP contribution is -2.39. The molecule has 6 rings (SSSR count). The number of aromatic nitrogens is 3. The van der Waals surface area contributed by atoms with E-state index in [1.807, 2.05) is 62.4 Å². The van der Waals surface area contributed by atoms with Gasteiger partial charge in [0.05, 0.1) is 34.9 Å². The van der Waals surface area contributed by atoms with Crippen molar-refractivity contribution in [3.8, 4) is 5.75 Å². The number of carboxylic acid groups (broad SMARTS) is 1. The Morgan fingerprint density at radius 3 is 2.64 bits per heavy atom. The maximum atomic E-state index is 13.5. The molecule has 45 heavy (non-hydrogen) atoms. The highest BCUT2D eigenvalue weighted by Gasteiger charge is 2.40. The second-order valence-corrected chi connectivity index (χ2v) is 12.2. The van der Waals surface area contributed by atoms with Crippen LogP contribution in [0.2, 0.25) is 0 Å². The molecule has 12 nitrogen and oxygen atoms in total. The number of hydrogen-bond donors (Lipinski definition) is 2. The van der Waals surface area contributed by atoms with E-state index in [4.69, 9.17) is 14.6 Å². The number of likely N-dealkylation sites (tertiary alicyclic amines) is 1. The number of ether oxygens (including phenoxy) is 1. The largest absolute Gasteiger partial charge is 0.492 e. The van der Waals surface area contributed by atoms with E-state index >= 15 is 0 Å². The highest BCUT2D eigenvalue weighted by molar-refractivity contribution is 7.13. The maximum Gasteiger partial charge on any atom is 0.290 e. The summed E-state index contributed by atoms with van der Waals surface area (Å²) in [6.07, 6.45) is 2.37. The molecule has 0 aliphatic carbocycles. The van der Waals surface area contributed by atoms with Crippen LogP contribution in [0.3, 0.4) is 0 Å². The van der Waals surface area contributed by atoms with Crippen LogP contribution in [-0.2, 0) is 20.9 Å². The van der Waals surface area contributed by atoms with Gasteiger partial charge in [-0.25, -0.2) is 4.98 Å². The number of hydrogen-bond acceptors (Lipinski definition) is 8. The number of benzene rings is 2. The Bertz CT molecular complexity index is 1690. The van der Waals surface area contributed by atoms with Crippen LogP contribution < -0.4 is 10.1 Å². The van der Waals surface area contributed by atoms with Gasteiger partial charge in [0.15, 0.2) is 0 Å². The number of fused-ring (bicyclic) bond motifs is 5. The second-order valence-electron chi connectivity index (χ2n) is 11.0. The van der Waals surface area contributed by atoms with E-state index in [2.05, 4.69) is 15.4 Å². The molecule has 2 atom stereocenters. The predicted octanol–water partition coefficient (Wildman–Crippen LogP) is 3.09. The zero-order chi connectivity index (χ0) is 31.9. The molecule has 2 bridgehead atoms. The summed E-state index contributed by atoms with van der Waals surface area (Å²) < 4.78 is 7.82. The molecular formula is C32H36N6O6S. The third-order valence-electron chi connectivity index (χ3n) is 8.05. The number of carbonyl (C=O) groups excluding carboxylic acids is 3. The van der Waals surface area contributed by atoms with E-state index in [9.17, 15) is 14.4 Å². The summed E-state index contributed by atoms with van der Waals surface area (Å²) in [6, 6.07) is 15.5. The lowest BCUT2D eigenvalue weighted by Gasteiger charge is -2.24. The fourth-order valence-electron chi connectivity index (χ4n) is 5.90. The van der Waals surface area contributed by atoms with Gasteiger partial charge in [-0.1, -0.05) is 30.3 Å². The van der Waals surface area contributed by atoms with Crippen molar-refractivity contribution in [2.24, 2.45) is 5.92 Å². The molecule has 236 valence electrons. The minimum atomic E-state index is -0.401. The van der Waals surface area contributed by atoms with Crippen LogP contribution in [0.25, 0.3) is 10.9 Å². The van der Waals surface area contributed by atoms with E-state index in [0.29, 0.717) is 56.4 Å². The van der Waals surface area contributed by atoms with Gasteiger partial charge in [-0.3, -0.25) is 23.9 Å². The van der Waals surface area contributed by atoms with Gasteiger partial charge < -0.3 is 25.0 Å². The van der Waals surface area contributed by atoms with Crippen molar-refractivity contribution in [1.82, 2.24) is 29.9 Å². The quantitative estimate of drug-likeness (QED) is 0.328. The first-order chi connectivity index (χ1) is 21.8. The van der Waals surface area contributed by atoms with Crippen LogP contribution in [0.5, 0.6) is 5.75 Å². The van der Waals surface area contributed by atoms with E-state index < -0.39 is 5.92 Å². The van der Waals surface area contributed by atoms with E-state index in [1.165, 1.54) is 11.3 Å². The summed E-state index contributed by atoms with van der Waals surface area (Å²) in [5.41, 5.74) is 2.59. The second kappa shape index (κ2) is 14.3. The predicted molar refractivity (Wildman–Crippen MR) is 168 cm³/mol. The zero-order valence-electron chi connectivity index (χ0n) is 25.2.